The minimum Gasteiger partial charge on any atom is -0.497 e. The summed E-state index contributed by atoms with van der Waals surface area (Å²) in [6.45, 7) is 0. The zero-order chi connectivity index (χ0) is 20.7. The van der Waals surface area contributed by atoms with Gasteiger partial charge in [0.2, 0.25) is 5.91 Å². The van der Waals surface area contributed by atoms with Crippen LogP contribution in [0.2, 0.25) is 0 Å². The highest BCUT2D eigenvalue weighted by molar-refractivity contribution is 9.10. The number of imide groups is 1. The number of benzene rings is 2. The van der Waals surface area contributed by atoms with Crippen molar-refractivity contribution in [2.24, 2.45) is 11.0 Å². The fourth-order valence-corrected chi connectivity index (χ4v) is 3.74. The second-order valence-electron chi connectivity index (χ2n) is 6.43. The van der Waals surface area contributed by atoms with E-state index in [1.54, 1.807) is 55.6 Å². The molecule has 2 aromatic rings. The maximum absolute atomic E-state index is 13.2. The fourth-order valence-electron chi connectivity index (χ4n) is 3.48. The molecule has 1 saturated heterocycles. The first kappa shape index (κ1) is 19.1. The number of ether oxygens (including phenoxy) is 2. The van der Waals surface area contributed by atoms with Gasteiger partial charge in [0, 0.05) is 4.47 Å². The van der Waals surface area contributed by atoms with Crippen molar-refractivity contribution in [3.8, 4) is 5.75 Å². The van der Waals surface area contributed by atoms with Crippen molar-refractivity contribution in [2.45, 2.75) is 6.04 Å². The molecule has 0 aromatic heterocycles. The van der Waals surface area contributed by atoms with Crippen LogP contribution in [0.25, 0.3) is 0 Å². The predicted octanol–water partition coefficient (Wildman–Crippen LogP) is 2.36. The van der Waals surface area contributed by atoms with Crippen LogP contribution >= 0.6 is 15.9 Å². The van der Waals surface area contributed by atoms with Gasteiger partial charge >= 0.3 is 5.97 Å². The third-order valence-electron chi connectivity index (χ3n) is 4.87. The third kappa shape index (κ3) is 3.07. The molecule has 0 saturated carbocycles. The number of anilines is 2. The summed E-state index contributed by atoms with van der Waals surface area (Å²) in [7, 11) is 2.76. The van der Waals surface area contributed by atoms with Gasteiger partial charge in [-0.1, -0.05) is 15.9 Å². The van der Waals surface area contributed by atoms with E-state index in [2.05, 4.69) is 21.0 Å². The average molecular weight is 458 g/mol. The van der Waals surface area contributed by atoms with Crippen LogP contribution < -0.4 is 14.6 Å². The lowest BCUT2D eigenvalue weighted by molar-refractivity contribution is -0.133. The van der Waals surface area contributed by atoms with Gasteiger partial charge in [0.05, 0.1) is 25.6 Å². The van der Waals surface area contributed by atoms with Crippen molar-refractivity contribution in [1.82, 2.24) is 0 Å². The van der Waals surface area contributed by atoms with Crippen LogP contribution in [0.1, 0.15) is 0 Å². The molecule has 8 nitrogen and oxygen atoms in total. The number of halogens is 1. The first-order chi connectivity index (χ1) is 14.0. The zero-order valence-corrected chi connectivity index (χ0v) is 17.1. The first-order valence-electron chi connectivity index (χ1n) is 8.69. The molecule has 0 spiro atoms. The molecule has 0 N–H and O–H groups in total. The van der Waals surface area contributed by atoms with Crippen molar-refractivity contribution in [3.63, 3.8) is 0 Å². The quantitative estimate of drug-likeness (QED) is 0.517. The van der Waals surface area contributed by atoms with Crippen LogP contribution in [0.5, 0.6) is 5.75 Å². The van der Waals surface area contributed by atoms with Crippen molar-refractivity contribution < 1.29 is 23.9 Å². The van der Waals surface area contributed by atoms with Crippen molar-refractivity contribution in [3.05, 3.63) is 53.0 Å². The Hall–Kier alpha value is -3.20. The van der Waals surface area contributed by atoms with Gasteiger partial charge in [-0.05, 0) is 48.5 Å². The van der Waals surface area contributed by atoms with Crippen molar-refractivity contribution in [1.29, 1.82) is 0 Å². The lowest BCUT2D eigenvalue weighted by Crippen LogP contribution is -2.39. The summed E-state index contributed by atoms with van der Waals surface area (Å²) >= 11 is 3.34. The van der Waals surface area contributed by atoms with Gasteiger partial charge in [-0.2, -0.15) is 5.10 Å². The van der Waals surface area contributed by atoms with E-state index in [4.69, 9.17) is 9.47 Å². The Morgan fingerprint density at radius 1 is 0.966 bits per heavy atom. The molecule has 2 aliphatic rings. The number of hydrazone groups is 1. The van der Waals surface area contributed by atoms with E-state index in [0.717, 1.165) is 9.37 Å². The Bertz CT molecular complexity index is 1020. The summed E-state index contributed by atoms with van der Waals surface area (Å²) in [5, 5.41) is 5.67. The summed E-state index contributed by atoms with van der Waals surface area (Å²) in [6, 6.07) is 12.7. The van der Waals surface area contributed by atoms with E-state index in [1.807, 2.05) is 0 Å². The lowest BCUT2D eigenvalue weighted by Gasteiger charge is -2.22. The zero-order valence-electron chi connectivity index (χ0n) is 15.5. The minimum atomic E-state index is -1.04. The second kappa shape index (κ2) is 7.32. The van der Waals surface area contributed by atoms with Gasteiger partial charge in [-0.25, -0.2) is 9.69 Å². The SMILES string of the molecule is COC(=O)C1=NN(c2ccc(OC)cc2)C2C(=O)N(c3ccc(Br)cc3)C(=O)C12. The molecular formula is C20H16BrN3O5. The Kier molecular flexibility index (Phi) is 4.83. The molecule has 148 valence electrons. The second-order valence-corrected chi connectivity index (χ2v) is 7.35. The van der Waals surface area contributed by atoms with Gasteiger partial charge in [-0.15, -0.1) is 0 Å². The molecule has 0 aliphatic carbocycles. The number of amides is 2. The number of carbonyl (C=O) groups is 3. The summed E-state index contributed by atoms with van der Waals surface area (Å²) in [5.41, 5.74) is 0.890. The molecule has 2 amide bonds. The van der Waals surface area contributed by atoms with Gasteiger partial charge in [0.25, 0.3) is 5.91 Å². The largest absolute Gasteiger partial charge is 0.497 e. The highest BCUT2D eigenvalue weighted by atomic mass is 79.9. The molecule has 29 heavy (non-hydrogen) atoms. The van der Waals surface area contributed by atoms with E-state index in [-0.39, 0.29) is 5.71 Å². The number of hydrogen-bond donors (Lipinski definition) is 0. The van der Waals surface area contributed by atoms with Crippen LogP contribution in [-0.2, 0) is 19.1 Å². The first-order valence-corrected chi connectivity index (χ1v) is 9.49. The molecule has 2 atom stereocenters. The fraction of sp³-hybridized carbons (Fsp3) is 0.200. The number of esters is 1. The molecule has 0 radical (unpaired) electrons. The molecule has 2 aliphatic heterocycles. The molecule has 2 unspecified atom stereocenters. The Morgan fingerprint density at radius 2 is 1.59 bits per heavy atom. The minimum absolute atomic E-state index is 0.0914. The number of hydrogen-bond acceptors (Lipinski definition) is 7. The summed E-state index contributed by atoms with van der Waals surface area (Å²) in [5.74, 6) is -2.12. The van der Waals surface area contributed by atoms with E-state index in [1.165, 1.54) is 12.1 Å². The van der Waals surface area contributed by atoms with Crippen molar-refractivity contribution >= 4 is 50.8 Å². The summed E-state index contributed by atoms with van der Waals surface area (Å²) in [6.07, 6.45) is 0. The van der Waals surface area contributed by atoms with E-state index in [9.17, 15) is 14.4 Å². The van der Waals surface area contributed by atoms with Crippen LogP contribution in [0.4, 0.5) is 11.4 Å². The summed E-state index contributed by atoms with van der Waals surface area (Å²) in [4.78, 5) is 39.8. The molecule has 9 heteroatoms. The average Bonchev–Trinajstić information content (AvgIpc) is 3.25. The standard InChI is InChI=1S/C20H16BrN3O5/c1-28-14-9-7-13(8-10-14)24-17-15(16(22-24)20(27)29-2)18(25)23(19(17)26)12-5-3-11(21)4-6-12/h3-10,15,17H,1-2H3. The number of carbonyl (C=O) groups excluding carboxylic acids is 3. The van der Waals surface area contributed by atoms with Gasteiger partial charge in [0.15, 0.2) is 5.71 Å². The van der Waals surface area contributed by atoms with E-state index in [0.29, 0.717) is 17.1 Å². The molecule has 0 bridgehead atoms. The molecule has 4 rings (SSSR count). The molecule has 1 fully saturated rings. The number of nitrogens with zero attached hydrogens (tertiary/aromatic N) is 3. The molecule has 2 aromatic carbocycles. The van der Waals surface area contributed by atoms with E-state index < -0.39 is 29.7 Å². The van der Waals surface area contributed by atoms with E-state index >= 15 is 0 Å². The predicted molar refractivity (Wildman–Crippen MR) is 109 cm³/mol. The van der Waals surface area contributed by atoms with Crippen LogP contribution in [0, 0.1) is 5.92 Å². The Morgan fingerprint density at radius 3 is 2.17 bits per heavy atom. The Balaban J connectivity index is 1.77. The van der Waals surface area contributed by atoms with Gasteiger partial charge in [-0.3, -0.25) is 14.6 Å². The molecular weight excluding hydrogens is 442 g/mol. The lowest BCUT2D eigenvalue weighted by atomic mass is 9.98. The van der Waals surface area contributed by atoms with Gasteiger partial charge in [0.1, 0.15) is 17.7 Å². The highest BCUT2D eigenvalue weighted by Gasteiger charge is 2.59. The maximum Gasteiger partial charge on any atom is 0.355 e. The van der Waals surface area contributed by atoms with Crippen LogP contribution in [0.15, 0.2) is 58.1 Å². The van der Waals surface area contributed by atoms with Crippen molar-refractivity contribution in [2.75, 3.05) is 24.1 Å². The number of methoxy groups -OCH3 is 2. The smallest absolute Gasteiger partial charge is 0.355 e. The van der Waals surface area contributed by atoms with Gasteiger partial charge < -0.3 is 9.47 Å². The number of fused-ring (bicyclic) bond motifs is 1. The normalized spacial score (nSPS) is 20.6. The Labute approximate surface area is 174 Å². The molecule has 2 heterocycles. The highest BCUT2D eigenvalue weighted by Crippen LogP contribution is 2.38. The topological polar surface area (TPSA) is 88.5 Å². The maximum atomic E-state index is 13.2. The summed E-state index contributed by atoms with van der Waals surface area (Å²) < 4.78 is 10.8. The monoisotopic (exact) mass is 457 g/mol. The van der Waals surface area contributed by atoms with Crippen LogP contribution in [0.3, 0.4) is 0 Å². The number of rotatable bonds is 4. The van der Waals surface area contributed by atoms with Crippen LogP contribution in [-0.4, -0.2) is 43.8 Å². The third-order valence-corrected chi connectivity index (χ3v) is 5.39.